The summed E-state index contributed by atoms with van der Waals surface area (Å²) in [7, 11) is 0. The summed E-state index contributed by atoms with van der Waals surface area (Å²) < 4.78 is 11.3. The molecule has 0 unspecified atom stereocenters. The molecule has 1 saturated heterocycles. The smallest absolute Gasteiger partial charge is 0.302 e. The van der Waals surface area contributed by atoms with Gasteiger partial charge in [-0.3, -0.25) is 9.59 Å². The lowest BCUT2D eigenvalue weighted by atomic mass is 9.72. The second-order valence-electron chi connectivity index (χ2n) is 9.06. The molecule has 0 bridgehead atoms. The molecular weight excluding hydrogens is 328 g/mol. The van der Waals surface area contributed by atoms with Crippen molar-refractivity contribution in [1.29, 1.82) is 0 Å². The summed E-state index contributed by atoms with van der Waals surface area (Å²) in [6, 6.07) is 0. The fourth-order valence-electron chi connectivity index (χ4n) is 4.89. The zero-order valence-electron chi connectivity index (χ0n) is 16.8. The Kier molecular flexibility index (Phi) is 5.17. The Morgan fingerprint density at radius 1 is 1.27 bits per heavy atom. The van der Waals surface area contributed by atoms with Gasteiger partial charge in [0.05, 0.1) is 11.7 Å². The number of fused-ring (bicyclic) bond motifs is 2. The number of carbonyl (C=O) groups is 2. The van der Waals surface area contributed by atoms with Crippen LogP contribution < -0.4 is 0 Å². The Hall–Kier alpha value is -1.42. The number of hydrogen-bond acceptors (Lipinski definition) is 4. The lowest BCUT2D eigenvalue weighted by Crippen LogP contribution is -2.24. The summed E-state index contributed by atoms with van der Waals surface area (Å²) in [4.78, 5) is 24.0. The molecule has 4 atom stereocenters. The monoisotopic (exact) mass is 360 g/mol. The Morgan fingerprint density at radius 3 is 2.65 bits per heavy atom. The van der Waals surface area contributed by atoms with E-state index in [1.54, 1.807) is 0 Å². The van der Waals surface area contributed by atoms with Crippen LogP contribution in [0.15, 0.2) is 22.8 Å². The Morgan fingerprint density at radius 2 is 2.00 bits per heavy atom. The number of rotatable bonds is 2. The van der Waals surface area contributed by atoms with Crippen LogP contribution in [0.2, 0.25) is 0 Å². The van der Waals surface area contributed by atoms with Crippen LogP contribution in [0.25, 0.3) is 0 Å². The first kappa shape index (κ1) is 19.3. The Balaban J connectivity index is 1.90. The van der Waals surface area contributed by atoms with Gasteiger partial charge in [-0.15, -0.1) is 0 Å². The van der Waals surface area contributed by atoms with Crippen molar-refractivity contribution in [3.63, 3.8) is 0 Å². The van der Waals surface area contributed by atoms with Gasteiger partial charge in [0, 0.05) is 13.3 Å². The van der Waals surface area contributed by atoms with Crippen molar-refractivity contribution in [1.82, 2.24) is 0 Å². The van der Waals surface area contributed by atoms with Gasteiger partial charge in [-0.05, 0) is 75.4 Å². The van der Waals surface area contributed by atoms with Gasteiger partial charge in [0.25, 0.3) is 0 Å². The van der Waals surface area contributed by atoms with Crippen LogP contribution >= 0.6 is 0 Å². The minimum absolute atomic E-state index is 0.0593. The topological polar surface area (TPSA) is 55.9 Å². The van der Waals surface area contributed by atoms with Crippen LogP contribution in [0.4, 0.5) is 0 Å². The van der Waals surface area contributed by atoms with Gasteiger partial charge in [0.2, 0.25) is 0 Å². The van der Waals surface area contributed by atoms with Gasteiger partial charge in [0.1, 0.15) is 6.61 Å². The highest BCUT2D eigenvalue weighted by Crippen LogP contribution is 2.53. The number of hydrogen-bond donors (Lipinski definition) is 0. The van der Waals surface area contributed by atoms with Gasteiger partial charge in [-0.25, -0.2) is 0 Å². The van der Waals surface area contributed by atoms with Crippen LogP contribution in [0.1, 0.15) is 73.1 Å². The molecule has 0 aromatic heterocycles. The van der Waals surface area contributed by atoms with Crippen molar-refractivity contribution in [3.8, 4) is 0 Å². The number of esters is 1. The predicted molar refractivity (Wildman–Crippen MR) is 101 cm³/mol. The largest absolute Gasteiger partial charge is 0.461 e. The summed E-state index contributed by atoms with van der Waals surface area (Å²) in [5, 5.41) is 0. The molecule has 1 heterocycles. The van der Waals surface area contributed by atoms with Crippen molar-refractivity contribution in [2.24, 2.45) is 11.3 Å². The normalized spacial score (nSPS) is 37.2. The highest BCUT2D eigenvalue weighted by molar-refractivity contribution is 5.99. The fourth-order valence-corrected chi connectivity index (χ4v) is 4.89. The van der Waals surface area contributed by atoms with Crippen molar-refractivity contribution in [2.45, 2.75) is 84.8 Å². The summed E-state index contributed by atoms with van der Waals surface area (Å²) >= 11 is 0. The first-order valence-electron chi connectivity index (χ1n) is 9.84. The number of ether oxygens (including phenoxy) is 2. The summed E-state index contributed by atoms with van der Waals surface area (Å²) in [5.74, 6) is 0.341. The summed E-state index contributed by atoms with van der Waals surface area (Å²) in [6.45, 7) is 10.4. The lowest BCUT2D eigenvalue weighted by molar-refractivity contribution is -0.140. The van der Waals surface area contributed by atoms with Crippen molar-refractivity contribution in [2.75, 3.05) is 6.61 Å². The minimum Gasteiger partial charge on any atom is -0.461 e. The van der Waals surface area contributed by atoms with E-state index < -0.39 is 0 Å². The maximum Gasteiger partial charge on any atom is 0.302 e. The van der Waals surface area contributed by atoms with Crippen LogP contribution in [0, 0.1) is 11.3 Å². The average Bonchev–Trinajstić information content (AvgIpc) is 3.10. The third-order valence-electron chi connectivity index (χ3n) is 6.60. The van der Waals surface area contributed by atoms with Crippen LogP contribution in [-0.2, 0) is 19.1 Å². The minimum atomic E-state index is -0.250. The standard InChI is InChI=1S/C22H32O4/c1-14(2)20-17-9-11-22(5)19(26-22)7-6-16(13-25-15(3)23)8-10-21(17,4)12-18(20)24/h8,17,19H,6-7,9-13H2,1-5H3/t17-,19-,21-,22-/m0/s1. The lowest BCUT2D eigenvalue weighted by Gasteiger charge is -2.31. The molecule has 2 fully saturated rings. The molecule has 0 aromatic carbocycles. The molecule has 0 N–H and O–H groups in total. The zero-order chi connectivity index (χ0) is 19.1. The molecule has 0 aromatic rings. The third-order valence-corrected chi connectivity index (χ3v) is 6.60. The molecule has 3 aliphatic rings. The van der Waals surface area contributed by atoms with Crippen molar-refractivity contribution in [3.05, 3.63) is 22.8 Å². The van der Waals surface area contributed by atoms with Crippen LogP contribution in [-0.4, -0.2) is 30.1 Å². The van der Waals surface area contributed by atoms with Crippen LogP contribution in [0.5, 0.6) is 0 Å². The molecule has 2 aliphatic carbocycles. The number of ketones is 1. The molecule has 144 valence electrons. The Bertz CT molecular complexity index is 670. The van der Waals surface area contributed by atoms with E-state index in [9.17, 15) is 9.59 Å². The molecule has 0 amide bonds. The van der Waals surface area contributed by atoms with Gasteiger partial charge in [-0.2, -0.15) is 0 Å². The van der Waals surface area contributed by atoms with Gasteiger partial charge >= 0.3 is 5.97 Å². The van der Waals surface area contributed by atoms with E-state index in [2.05, 4.69) is 33.8 Å². The first-order chi connectivity index (χ1) is 12.1. The van der Waals surface area contributed by atoms with Crippen molar-refractivity contribution >= 4 is 11.8 Å². The average molecular weight is 360 g/mol. The quantitative estimate of drug-likeness (QED) is 0.314. The van der Waals surface area contributed by atoms with Crippen molar-refractivity contribution < 1.29 is 19.1 Å². The molecule has 4 nitrogen and oxygen atoms in total. The molecule has 1 saturated carbocycles. The van der Waals surface area contributed by atoms with E-state index in [4.69, 9.17) is 9.47 Å². The third kappa shape index (κ3) is 3.80. The zero-order valence-corrected chi connectivity index (χ0v) is 16.8. The van der Waals surface area contributed by atoms with E-state index in [-0.39, 0.29) is 29.0 Å². The second-order valence-corrected chi connectivity index (χ2v) is 9.06. The predicted octanol–water partition coefficient (Wildman–Crippen LogP) is 4.53. The molecule has 0 spiro atoms. The first-order valence-corrected chi connectivity index (χ1v) is 9.84. The number of carbonyl (C=O) groups excluding carboxylic acids is 2. The molecule has 0 radical (unpaired) electrons. The fraction of sp³-hybridized carbons (Fsp3) is 0.727. The molecule has 1 aliphatic heterocycles. The van der Waals surface area contributed by atoms with Crippen LogP contribution in [0.3, 0.4) is 0 Å². The number of Topliss-reactive ketones (excluding diaryl/α,β-unsaturated/α-hetero) is 1. The van der Waals surface area contributed by atoms with E-state index in [1.165, 1.54) is 6.92 Å². The van der Waals surface area contributed by atoms with E-state index in [1.807, 2.05) is 0 Å². The Labute approximate surface area is 157 Å². The second kappa shape index (κ2) is 6.95. The maximum absolute atomic E-state index is 12.7. The molecular formula is C22H32O4. The molecule has 26 heavy (non-hydrogen) atoms. The van der Waals surface area contributed by atoms with E-state index in [0.29, 0.717) is 18.8 Å². The van der Waals surface area contributed by atoms with Gasteiger partial charge < -0.3 is 9.47 Å². The van der Waals surface area contributed by atoms with E-state index >= 15 is 0 Å². The maximum atomic E-state index is 12.7. The van der Waals surface area contributed by atoms with Gasteiger partial charge in [-0.1, -0.05) is 18.6 Å². The molecule has 4 heteroatoms. The highest BCUT2D eigenvalue weighted by atomic mass is 16.6. The van der Waals surface area contributed by atoms with E-state index in [0.717, 1.165) is 48.8 Å². The molecule has 3 rings (SSSR count). The summed E-state index contributed by atoms with van der Waals surface area (Å²) in [5.41, 5.74) is 3.23. The number of allylic oxidation sites excluding steroid dienone is 3. The highest BCUT2D eigenvalue weighted by Gasteiger charge is 2.54. The number of epoxide rings is 1. The summed E-state index contributed by atoms with van der Waals surface area (Å²) in [6.07, 6.45) is 7.83. The SMILES string of the molecule is CC(=O)OCC1=CC[C@@]2(C)CC(=O)C(=C(C)C)[C@@H]2CC[C@]2(C)O[C@H]2CC1. The van der Waals surface area contributed by atoms with Gasteiger partial charge in [0.15, 0.2) is 5.78 Å².